The molecule has 0 saturated carbocycles. The summed E-state index contributed by atoms with van der Waals surface area (Å²) < 4.78 is 40.2. The number of hydrogen-bond donors (Lipinski definition) is 3. The molecule has 0 aliphatic carbocycles. The van der Waals surface area contributed by atoms with Crippen LogP contribution in [0, 0.1) is 11.3 Å². The van der Waals surface area contributed by atoms with E-state index in [9.17, 15) is 33.0 Å². The van der Waals surface area contributed by atoms with Gasteiger partial charge in [0.2, 0.25) is 5.91 Å². The summed E-state index contributed by atoms with van der Waals surface area (Å²) in [5.74, 6) is -1.98. The molecule has 2 aliphatic rings. The Balaban J connectivity index is 1.64. The van der Waals surface area contributed by atoms with Crippen LogP contribution in [0.4, 0.5) is 13.2 Å². The molecule has 1 amide bonds. The summed E-state index contributed by atoms with van der Waals surface area (Å²) in [4.78, 5) is 26.4. The van der Waals surface area contributed by atoms with E-state index in [1.165, 1.54) is 0 Å². The number of β-amino-alcohol motifs (C(OH)–C–C–N with tert-alkyl or cyclic N) is 1. The number of amides is 1. The first-order chi connectivity index (χ1) is 18.1. The lowest BCUT2D eigenvalue weighted by Crippen LogP contribution is -2.69. The van der Waals surface area contributed by atoms with Gasteiger partial charge in [-0.05, 0) is 54.2 Å². The molecule has 5 atom stereocenters. The van der Waals surface area contributed by atoms with Crippen molar-refractivity contribution in [1.82, 2.24) is 10.2 Å². The molecule has 212 valence electrons. The normalized spacial score (nSPS) is 26.8. The number of halogens is 5. The Morgan fingerprint density at radius 1 is 1.15 bits per heavy atom. The maximum Gasteiger partial charge on any atom is 0.419 e. The van der Waals surface area contributed by atoms with Crippen LogP contribution in [0.1, 0.15) is 56.2 Å². The van der Waals surface area contributed by atoms with Crippen molar-refractivity contribution in [3.8, 4) is 0 Å². The number of rotatable bonds is 8. The van der Waals surface area contributed by atoms with Gasteiger partial charge in [-0.3, -0.25) is 14.5 Å². The van der Waals surface area contributed by atoms with Crippen molar-refractivity contribution in [3.63, 3.8) is 0 Å². The average Bonchev–Trinajstić information content (AvgIpc) is 2.81. The number of alkyl halides is 3. The smallest absolute Gasteiger partial charge is 0.419 e. The molecule has 5 unspecified atom stereocenters. The number of aliphatic carboxylic acids is 1. The van der Waals surface area contributed by atoms with Gasteiger partial charge in [-0.2, -0.15) is 13.2 Å². The third-order valence-corrected chi connectivity index (χ3v) is 8.62. The summed E-state index contributed by atoms with van der Waals surface area (Å²) in [6.45, 7) is 2.41. The van der Waals surface area contributed by atoms with Crippen molar-refractivity contribution < 1.29 is 33.0 Å². The highest BCUT2D eigenvalue weighted by Crippen LogP contribution is 2.47. The number of nitrogens with zero attached hydrogens (tertiary/aromatic N) is 1. The van der Waals surface area contributed by atoms with Crippen LogP contribution in [0.15, 0.2) is 48.5 Å². The first-order valence-electron chi connectivity index (χ1n) is 12.7. The third kappa shape index (κ3) is 6.21. The SMILES string of the molecule is CC(CC(c1ccc(Cl)cc1)N1CC(O)(C(F)(F)F)C1)C1NC(=O)C(C)(CC(=O)O)CC1c1cccc(Cl)c1. The van der Waals surface area contributed by atoms with E-state index >= 15 is 0 Å². The van der Waals surface area contributed by atoms with Crippen LogP contribution in [-0.4, -0.2) is 57.9 Å². The van der Waals surface area contributed by atoms with E-state index in [2.05, 4.69) is 5.32 Å². The molecule has 0 radical (unpaired) electrons. The van der Waals surface area contributed by atoms with Gasteiger partial charge in [-0.15, -0.1) is 0 Å². The minimum atomic E-state index is -4.75. The van der Waals surface area contributed by atoms with Crippen molar-refractivity contribution in [2.45, 2.75) is 62.9 Å². The second-order valence-electron chi connectivity index (χ2n) is 11.2. The first kappa shape index (κ1) is 29.6. The summed E-state index contributed by atoms with van der Waals surface area (Å²) in [6.07, 6.45) is -4.45. The maximum atomic E-state index is 13.4. The van der Waals surface area contributed by atoms with Crippen LogP contribution in [0.3, 0.4) is 0 Å². The third-order valence-electron chi connectivity index (χ3n) is 8.13. The molecular weight excluding hydrogens is 556 g/mol. The number of carboxylic acid groups (broad SMARTS) is 1. The highest BCUT2D eigenvalue weighted by molar-refractivity contribution is 6.30. The van der Waals surface area contributed by atoms with E-state index in [0.29, 0.717) is 16.5 Å². The predicted molar refractivity (Wildman–Crippen MR) is 142 cm³/mol. The summed E-state index contributed by atoms with van der Waals surface area (Å²) in [6, 6.07) is 13.1. The fraction of sp³-hybridized carbons (Fsp3) is 0.500. The fourth-order valence-corrected chi connectivity index (χ4v) is 6.25. The molecule has 39 heavy (non-hydrogen) atoms. The van der Waals surface area contributed by atoms with Gasteiger partial charge in [-0.1, -0.05) is 61.3 Å². The van der Waals surface area contributed by atoms with Gasteiger partial charge >= 0.3 is 12.1 Å². The number of benzene rings is 2. The Morgan fingerprint density at radius 2 is 1.79 bits per heavy atom. The summed E-state index contributed by atoms with van der Waals surface area (Å²) in [5.41, 5.74) is -2.34. The molecule has 4 rings (SSSR count). The zero-order chi connectivity index (χ0) is 28.8. The fourth-order valence-electron chi connectivity index (χ4n) is 5.92. The Kier molecular flexibility index (Phi) is 8.30. The standard InChI is InChI=1S/C28H31Cl2F3N2O4/c1-16(10-22(17-6-8-19(29)9-7-17)35-14-27(39,15-35)28(31,32)33)24-21(18-4-3-5-20(30)11-18)12-26(2,13-23(36)37)25(38)34-24/h3-9,11,16,21-22,24,39H,10,12-15H2,1-2H3,(H,34,38)(H,36,37). The Morgan fingerprint density at radius 3 is 2.36 bits per heavy atom. The van der Waals surface area contributed by atoms with Crippen molar-refractivity contribution in [3.05, 3.63) is 69.7 Å². The number of carbonyl (C=O) groups is 2. The zero-order valence-electron chi connectivity index (χ0n) is 21.5. The lowest BCUT2D eigenvalue weighted by Gasteiger charge is -2.52. The lowest BCUT2D eigenvalue weighted by molar-refractivity contribution is -0.306. The van der Waals surface area contributed by atoms with Gasteiger partial charge in [0.15, 0.2) is 5.60 Å². The Hall–Kier alpha value is -2.33. The minimum absolute atomic E-state index is 0.243. The zero-order valence-corrected chi connectivity index (χ0v) is 23.0. The van der Waals surface area contributed by atoms with Gasteiger partial charge < -0.3 is 15.5 Å². The molecule has 0 bridgehead atoms. The van der Waals surface area contributed by atoms with Gasteiger partial charge in [-0.25, -0.2) is 0 Å². The number of piperidine rings is 1. The van der Waals surface area contributed by atoms with Crippen LogP contribution >= 0.6 is 23.2 Å². The van der Waals surface area contributed by atoms with Crippen LogP contribution in [0.2, 0.25) is 10.0 Å². The van der Waals surface area contributed by atoms with Crippen molar-refractivity contribution >= 4 is 35.1 Å². The predicted octanol–water partition coefficient (Wildman–Crippen LogP) is 5.82. The molecular formula is C28H31Cl2F3N2O4. The quantitative estimate of drug-likeness (QED) is 0.362. The number of aliphatic hydroxyl groups is 1. The lowest BCUT2D eigenvalue weighted by atomic mass is 9.67. The van der Waals surface area contributed by atoms with E-state index in [-0.39, 0.29) is 30.6 Å². The summed E-state index contributed by atoms with van der Waals surface area (Å²) in [7, 11) is 0. The Labute approximate surface area is 235 Å². The van der Waals surface area contributed by atoms with E-state index in [4.69, 9.17) is 23.2 Å². The molecule has 11 heteroatoms. The van der Waals surface area contributed by atoms with Crippen LogP contribution < -0.4 is 5.32 Å². The molecule has 3 N–H and O–H groups in total. The summed E-state index contributed by atoms with van der Waals surface area (Å²) in [5, 5.41) is 23.6. The molecule has 2 aromatic rings. The number of likely N-dealkylation sites (tertiary alicyclic amines) is 1. The second-order valence-corrected chi connectivity index (χ2v) is 12.1. The molecule has 0 aromatic heterocycles. The number of hydrogen-bond acceptors (Lipinski definition) is 4. The van der Waals surface area contributed by atoms with Gasteiger partial charge in [0.05, 0.1) is 11.8 Å². The summed E-state index contributed by atoms with van der Waals surface area (Å²) >= 11 is 12.3. The molecule has 2 aliphatic heterocycles. The van der Waals surface area contributed by atoms with E-state index < -0.39 is 48.3 Å². The van der Waals surface area contributed by atoms with Crippen LogP contribution in [0.5, 0.6) is 0 Å². The highest BCUT2D eigenvalue weighted by Gasteiger charge is 2.62. The highest BCUT2D eigenvalue weighted by atomic mass is 35.5. The van der Waals surface area contributed by atoms with E-state index in [0.717, 1.165) is 11.1 Å². The van der Waals surface area contributed by atoms with Crippen molar-refractivity contribution in [1.29, 1.82) is 0 Å². The monoisotopic (exact) mass is 586 g/mol. The van der Waals surface area contributed by atoms with Crippen molar-refractivity contribution in [2.75, 3.05) is 13.1 Å². The molecule has 2 aromatic carbocycles. The van der Waals surface area contributed by atoms with E-state index in [1.807, 2.05) is 13.0 Å². The largest absolute Gasteiger partial charge is 0.481 e. The van der Waals surface area contributed by atoms with Crippen molar-refractivity contribution in [2.24, 2.45) is 11.3 Å². The van der Waals surface area contributed by atoms with Gasteiger partial charge in [0.25, 0.3) is 0 Å². The molecule has 0 spiro atoms. The average molecular weight is 587 g/mol. The molecule has 2 saturated heterocycles. The first-order valence-corrected chi connectivity index (χ1v) is 13.4. The topological polar surface area (TPSA) is 89.9 Å². The number of nitrogens with one attached hydrogen (secondary N) is 1. The number of carboxylic acids is 1. The number of carbonyl (C=O) groups excluding carboxylic acids is 1. The van der Waals surface area contributed by atoms with Gasteiger partial charge in [0.1, 0.15) is 0 Å². The molecule has 2 heterocycles. The minimum Gasteiger partial charge on any atom is -0.481 e. The Bertz CT molecular complexity index is 1220. The van der Waals surface area contributed by atoms with Gasteiger partial charge in [0, 0.05) is 41.1 Å². The van der Waals surface area contributed by atoms with Crippen LogP contribution in [0.25, 0.3) is 0 Å². The van der Waals surface area contributed by atoms with E-state index in [1.54, 1.807) is 54.3 Å². The second kappa shape index (κ2) is 10.9. The molecule has 6 nitrogen and oxygen atoms in total. The van der Waals surface area contributed by atoms with Crippen LogP contribution in [-0.2, 0) is 9.59 Å². The molecule has 2 fully saturated rings. The maximum absolute atomic E-state index is 13.4.